The van der Waals surface area contributed by atoms with Gasteiger partial charge in [0.1, 0.15) is 6.61 Å². The van der Waals surface area contributed by atoms with E-state index < -0.39 is 29.7 Å². The normalized spacial score (nSPS) is 28.4. The molecular weight excluding hydrogens is 269 g/mol. The van der Waals surface area contributed by atoms with E-state index in [1.165, 1.54) is 6.08 Å². The Labute approximate surface area is 116 Å². The third kappa shape index (κ3) is 2.26. The van der Waals surface area contributed by atoms with Gasteiger partial charge in [0, 0.05) is 25.2 Å². The lowest BCUT2D eigenvalue weighted by Crippen LogP contribution is -2.52. The van der Waals surface area contributed by atoms with Crippen molar-refractivity contribution in [2.75, 3.05) is 32.9 Å². The zero-order valence-electron chi connectivity index (χ0n) is 11.1. The van der Waals surface area contributed by atoms with Crippen LogP contribution in [0.4, 0.5) is 9.18 Å². The number of carboxylic acids is 1. The number of rotatable bonds is 3. The molecule has 2 aliphatic heterocycles. The van der Waals surface area contributed by atoms with Gasteiger partial charge in [0.2, 0.25) is 5.67 Å². The third-order valence-electron chi connectivity index (χ3n) is 4.11. The largest absolute Gasteiger partial charge is 0.479 e. The molecule has 20 heavy (non-hydrogen) atoms. The van der Waals surface area contributed by atoms with E-state index in [1.54, 1.807) is 0 Å². The smallest absolute Gasteiger partial charge is 0.410 e. The highest BCUT2D eigenvalue weighted by Crippen LogP contribution is 2.49. The standard InChI is InChI=1S/C13H18FNO5/c1-2-5-20-11(18)15-8-12(3-6-19-7-4-12)13(14,9-15)10(16)17/h2H,1,3-9H2,(H,16,17). The molecule has 2 rings (SSSR count). The Hall–Kier alpha value is -1.63. The van der Waals surface area contributed by atoms with E-state index in [0.717, 1.165) is 4.90 Å². The third-order valence-corrected chi connectivity index (χ3v) is 4.11. The number of halogens is 1. The summed E-state index contributed by atoms with van der Waals surface area (Å²) >= 11 is 0. The number of hydrogen-bond donors (Lipinski definition) is 1. The van der Waals surface area contributed by atoms with Crippen LogP contribution in [0.25, 0.3) is 0 Å². The first-order chi connectivity index (χ1) is 9.45. The fraction of sp³-hybridized carbons (Fsp3) is 0.692. The molecule has 1 spiro atoms. The Balaban J connectivity index is 2.20. The number of hydrogen-bond acceptors (Lipinski definition) is 4. The van der Waals surface area contributed by atoms with Gasteiger partial charge in [0.25, 0.3) is 0 Å². The van der Waals surface area contributed by atoms with Crippen LogP contribution in [0.3, 0.4) is 0 Å². The number of nitrogens with zero attached hydrogens (tertiary/aromatic N) is 1. The minimum absolute atomic E-state index is 0.0117. The predicted octanol–water partition coefficient (Wildman–Crippen LogP) is 1.21. The lowest BCUT2D eigenvalue weighted by atomic mass is 9.70. The monoisotopic (exact) mass is 287 g/mol. The summed E-state index contributed by atoms with van der Waals surface area (Å²) in [4.78, 5) is 24.3. The summed E-state index contributed by atoms with van der Waals surface area (Å²) in [5, 5.41) is 9.25. The van der Waals surface area contributed by atoms with Gasteiger partial charge in [-0.05, 0) is 12.8 Å². The summed E-state index contributed by atoms with van der Waals surface area (Å²) in [6, 6.07) is 0. The fourth-order valence-electron chi connectivity index (χ4n) is 2.94. The van der Waals surface area contributed by atoms with Crippen LogP contribution < -0.4 is 0 Å². The molecule has 0 aliphatic carbocycles. The molecule has 1 atom stereocenters. The minimum atomic E-state index is -2.45. The molecule has 0 aromatic heterocycles. The second-order valence-electron chi connectivity index (χ2n) is 5.22. The zero-order chi connectivity index (χ0) is 14.8. The Morgan fingerprint density at radius 1 is 1.40 bits per heavy atom. The molecule has 0 aromatic carbocycles. The van der Waals surface area contributed by atoms with Crippen LogP contribution in [-0.2, 0) is 14.3 Å². The van der Waals surface area contributed by atoms with Gasteiger partial charge in [-0.2, -0.15) is 0 Å². The van der Waals surface area contributed by atoms with Crippen molar-refractivity contribution in [1.82, 2.24) is 4.90 Å². The average molecular weight is 287 g/mol. The zero-order valence-corrected chi connectivity index (χ0v) is 11.1. The Morgan fingerprint density at radius 2 is 2.05 bits per heavy atom. The van der Waals surface area contributed by atoms with Gasteiger partial charge in [0.15, 0.2) is 0 Å². The van der Waals surface area contributed by atoms with Crippen molar-refractivity contribution in [3.05, 3.63) is 12.7 Å². The van der Waals surface area contributed by atoms with Gasteiger partial charge in [-0.25, -0.2) is 14.0 Å². The molecular formula is C13H18FNO5. The molecule has 2 aliphatic rings. The van der Waals surface area contributed by atoms with Crippen LogP contribution >= 0.6 is 0 Å². The van der Waals surface area contributed by atoms with Crippen molar-refractivity contribution < 1.29 is 28.6 Å². The van der Waals surface area contributed by atoms with Crippen LogP contribution in [0, 0.1) is 5.41 Å². The molecule has 112 valence electrons. The number of carbonyl (C=O) groups is 2. The number of amides is 1. The van der Waals surface area contributed by atoms with Crippen LogP contribution in [0.2, 0.25) is 0 Å². The molecule has 2 fully saturated rings. The molecule has 0 aromatic rings. The molecule has 1 amide bonds. The second kappa shape index (κ2) is 5.40. The second-order valence-corrected chi connectivity index (χ2v) is 5.22. The number of carbonyl (C=O) groups excluding carboxylic acids is 1. The van der Waals surface area contributed by atoms with Crippen LogP contribution in [0.15, 0.2) is 12.7 Å². The molecule has 0 bridgehead atoms. The lowest BCUT2D eigenvalue weighted by molar-refractivity contribution is -0.162. The van der Waals surface area contributed by atoms with Crippen molar-refractivity contribution in [2.24, 2.45) is 5.41 Å². The van der Waals surface area contributed by atoms with E-state index in [2.05, 4.69) is 6.58 Å². The number of ether oxygens (including phenoxy) is 2. The van der Waals surface area contributed by atoms with Crippen LogP contribution in [0.5, 0.6) is 0 Å². The maximum atomic E-state index is 15.0. The van der Waals surface area contributed by atoms with E-state index in [4.69, 9.17) is 9.47 Å². The number of carboxylic acid groups (broad SMARTS) is 1. The van der Waals surface area contributed by atoms with Gasteiger partial charge in [-0.15, -0.1) is 0 Å². The van der Waals surface area contributed by atoms with E-state index in [1.807, 2.05) is 0 Å². The van der Waals surface area contributed by atoms with Crippen molar-refractivity contribution >= 4 is 12.1 Å². The molecule has 7 heteroatoms. The van der Waals surface area contributed by atoms with Crippen LogP contribution in [-0.4, -0.2) is 60.6 Å². The quantitative estimate of drug-likeness (QED) is 0.790. The number of alkyl halides is 1. The van der Waals surface area contributed by atoms with E-state index in [0.29, 0.717) is 13.2 Å². The van der Waals surface area contributed by atoms with E-state index >= 15 is 0 Å². The van der Waals surface area contributed by atoms with Crippen molar-refractivity contribution in [2.45, 2.75) is 18.5 Å². The highest BCUT2D eigenvalue weighted by molar-refractivity contribution is 5.82. The Bertz CT molecular complexity index is 421. The SMILES string of the molecule is C=CCOC(=O)N1CC2(CCOCC2)C(F)(C(=O)O)C1. The molecule has 2 saturated heterocycles. The maximum Gasteiger partial charge on any atom is 0.410 e. The van der Waals surface area contributed by atoms with Crippen molar-refractivity contribution in [3.8, 4) is 0 Å². The summed E-state index contributed by atoms with van der Waals surface area (Å²) in [7, 11) is 0. The molecule has 0 saturated carbocycles. The first kappa shape index (κ1) is 14.8. The molecule has 0 radical (unpaired) electrons. The summed E-state index contributed by atoms with van der Waals surface area (Å²) in [5.74, 6) is -1.53. The van der Waals surface area contributed by atoms with Gasteiger partial charge < -0.3 is 19.5 Å². The van der Waals surface area contributed by atoms with E-state index in [9.17, 15) is 19.1 Å². The predicted molar refractivity (Wildman–Crippen MR) is 67.1 cm³/mol. The Morgan fingerprint density at radius 3 is 2.60 bits per heavy atom. The van der Waals surface area contributed by atoms with Gasteiger partial charge in [0.05, 0.1) is 6.54 Å². The first-order valence-corrected chi connectivity index (χ1v) is 6.48. The van der Waals surface area contributed by atoms with E-state index in [-0.39, 0.29) is 26.0 Å². The first-order valence-electron chi connectivity index (χ1n) is 6.48. The Kier molecular flexibility index (Phi) is 3.99. The lowest BCUT2D eigenvalue weighted by Gasteiger charge is -2.39. The molecule has 1 unspecified atom stereocenters. The average Bonchev–Trinajstić information content (AvgIpc) is 2.72. The number of aliphatic carboxylic acids is 1. The van der Waals surface area contributed by atoms with Crippen LogP contribution in [0.1, 0.15) is 12.8 Å². The molecule has 1 N–H and O–H groups in total. The highest BCUT2D eigenvalue weighted by atomic mass is 19.1. The van der Waals surface area contributed by atoms with Crippen molar-refractivity contribution in [3.63, 3.8) is 0 Å². The van der Waals surface area contributed by atoms with Gasteiger partial charge in [-0.1, -0.05) is 12.7 Å². The summed E-state index contributed by atoms with van der Waals surface area (Å²) < 4.78 is 25.0. The summed E-state index contributed by atoms with van der Waals surface area (Å²) in [5.41, 5.74) is -3.55. The maximum absolute atomic E-state index is 15.0. The number of likely N-dealkylation sites (tertiary alicyclic amines) is 1. The molecule has 6 nitrogen and oxygen atoms in total. The minimum Gasteiger partial charge on any atom is -0.479 e. The van der Waals surface area contributed by atoms with Crippen molar-refractivity contribution in [1.29, 1.82) is 0 Å². The topological polar surface area (TPSA) is 76.1 Å². The highest BCUT2D eigenvalue weighted by Gasteiger charge is 2.65. The van der Waals surface area contributed by atoms with Gasteiger partial charge in [-0.3, -0.25) is 0 Å². The fourth-order valence-corrected chi connectivity index (χ4v) is 2.94. The molecule has 2 heterocycles. The summed E-state index contributed by atoms with van der Waals surface area (Å²) in [6.45, 7) is 3.58. The van der Waals surface area contributed by atoms with Gasteiger partial charge >= 0.3 is 12.1 Å². The summed E-state index contributed by atoms with van der Waals surface area (Å²) in [6.07, 6.45) is 1.25.